The van der Waals surface area contributed by atoms with Crippen LogP contribution in [0.5, 0.6) is 0 Å². The third kappa shape index (κ3) is 2.76. The van der Waals surface area contributed by atoms with E-state index in [1.54, 1.807) is 12.1 Å². The minimum atomic E-state index is -0.462. The highest BCUT2D eigenvalue weighted by molar-refractivity contribution is 6.04. The van der Waals surface area contributed by atoms with Crippen LogP contribution in [0.15, 0.2) is 18.2 Å². The van der Waals surface area contributed by atoms with Gasteiger partial charge in [0.25, 0.3) is 5.91 Å². The van der Waals surface area contributed by atoms with Crippen LogP contribution in [0.3, 0.4) is 0 Å². The van der Waals surface area contributed by atoms with Crippen molar-refractivity contribution in [3.8, 4) is 0 Å². The van der Waals surface area contributed by atoms with Crippen molar-refractivity contribution in [2.75, 3.05) is 26.3 Å². The highest BCUT2D eigenvalue weighted by Crippen LogP contribution is 2.28. The lowest BCUT2D eigenvalue weighted by atomic mass is 9.96. The molecule has 5 nitrogen and oxygen atoms in total. The minimum Gasteiger partial charge on any atom is -0.366 e. The molecule has 2 heterocycles. The van der Waals surface area contributed by atoms with Crippen LogP contribution in [0.2, 0.25) is 0 Å². The van der Waals surface area contributed by atoms with Gasteiger partial charge in [0.15, 0.2) is 0 Å². The highest BCUT2D eigenvalue weighted by atomic mass is 19.1. The van der Waals surface area contributed by atoms with Gasteiger partial charge in [-0.15, -0.1) is 0 Å². The predicted octanol–water partition coefficient (Wildman–Crippen LogP) is 1.81. The number of amides is 1. The van der Waals surface area contributed by atoms with E-state index in [2.05, 4.69) is 14.9 Å². The molecule has 1 aromatic heterocycles. The maximum absolute atomic E-state index is 12.4. The Morgan fingerprint density at radius 2 is 2.19 bits per heavy atom. The van der Waals surface area contributed by atoms with E-state index in [0.717, 1.165) is 37.3 Å². The first kappa shape index (κ1) is 14.0. The lowest BCUT2D eigenvalue weighted by Crippen LogP contribution is -2.34. The van der Waals surface area contributed by atoms with Gasteiger partial charge < -0.3 is 15.6 Å². The number of likely N-dealkylation sites (tertiary alicyclic amines) is 1. The molecule has 0 radical (unpaired) electrons. The summed E-state index contributed by atoms with van der Waals surface area (Å²) >= 11 is 0. The second-order valence-electron chi connectivity index (χ2n) is 5.49. The highest BCUT2D eigenvalue weighted by Gasteiger charge is 2.23. The number of H-pyrrole nitrogens is 1. The maximum atomic E-state index is 12.4. The first-order chi connectivity index (χ1) is 10.2. The molecule has 2 aromatic rings. The van der Waals surface area contributed by atoms with Gasteiger partial charge in [0.05, 0.1) is 11.1 Å². The van der Waals surface area contributed by atoms with Crippen LogP contribution in [0.1, 0.15) is 34.9 Å². The summed E-state index contributed by atoms with van der Waals surface area (Å²) in [4.78, 5) is 21.4. The molecule has 1 aliphatic rings. The van der Waals surface area contributed by atoms with E-state index in [1.807, 2.05) is 6.07 Å². The molecule has 3 N–H and O–H groups in total. The van der Waals surface area contributed by atoms with Gasteiger partial charge in [0.2, 0.25) is 0 Å². The van der Waals surface area contributed by atoms with Crippen LogP contribution < -0.4 is 5.73 Å². The van der Waals surface area contributed by atoms with E-state index in [0.29, 0.717) is 23.5 Å². The summed E-state index contributed by atoms with van der Waals surface area (Å²) in [6.45, 7) is 1.98. The lowest BCUT2D eigenvalue weighted by Gasteiger charge is -2.30. The number of hydrogen-bond donors (Lipinski definition) is 2. The summed E-state index contributed by atoms with van der Waals surface area (Å²) in [6, 6.07) is 5.39. The van der Waals surface area contributed by atoms with Crippen molar-refractivity contribution >= 4 is 16.9 Å². The molecule has 1 amide bonds. The van der Waals surface area contributed by atoms with E-state index < -0.39 is 5.91 Å². The average molecular weight is 290 g/mol. The molecular formula is C15H19FN4O. The molecule has 1 saturated heterocycles. The van der Waals surface area contributed by atoms with Gasteiger partial charge in [-0.3, -0.25) is 4.79 Å². The van der Waals surface area contributed by atoms with E-state index in [1.165, 1.54) is 0 Å². The van der Waals surface area contributed by atoms with Crippen LogP contribution in [0, 0.1) is 0 Å². The minimum absolute atomic E-state index is 0.294. The number of nitrogens with one attached hydrogen (secondary N) is 1. The van der Waals surface area contributed by atoms with E-state index >= 15 is 0 Å². The third-order valence-electron chi connectivity index (χ3n) is 4.17. The number of piperidine rings is 1. The molecule has 0 saturated carbocycles. The van der Waals surface area contributed by atoms with Crippen molar-refractivity contribution in [3.05, 3.63) is 29.6 Å². The number of halogens is 1. The Morgan fingerprint density at radius 1 is 1.43 bits per heavy atom. The second kappa shape index (κ2) is 5.81. The van der Waals surface area contributed by atoms with E-state index in [9.17, 15) is 9.18 Å². The van der Waals surface area contributed by atoms with Gasteiger partial charge in [-0.25, -0.2) is 9.37 Å². The first-order valence-corrected chi connectivity index (χ1v) is 7.26. The molecule has 112 valence electrons. The monoisotopic (exact) mass is 290 g/mol. The number of carbonyl (C=O) groups excluding carboxylic acids is 1. The van der Waals surface area contributed by atoms with E-state index in [4.69, 9.17) is 5.73 Å². The number of rotatable bonds is 4. The molecule has 0 bridgehead atoms. The standard InChI is InChI=1S/C15H19FN4O/c16-6-9-20-7-4-10(5-8-20)15-18-12-3-1-2-11(14(17)21)13(12)19-15/h1-3,10H,4-9H2,(H2,17,21)(H,18,19). The number of alkyl halides is 1. The Morgan fingerprint density at radius 3 is 2.86 bits per heavy atom. The summed E-state index contributed by atoms with van der Waals surface area (Å²) in [5.41, 5.74) is 7.32. The number of primary amides is 1. The van der Waals surface area contributed by atoms with Crippen molar-refractivity contribution in [3.63, 3.8) is 0 Å². The molecule has 0 aliphatic carbocycles. The van der Waals surface area contributed by atoms with Gasteiger partial charge in [-0.05, 0) is 38.1 Å². The zero-order valence-electron chi connectivity index (χ0n) is 11.8. The Labute approximate surface area is 122 Å². The topological polar surface area (TPSA) is 75.0 Å². The zero-order valence-corrected chi connectivity index (χ0v) is 11.8. The number of carbonyl (C=O) groups is 1. The molecule has 1 fully saturated rings. The maximum Gasteiger partial charge on any atom is 0.250 e. The molecule has 6 heteroatoms. The van der Waals surface area contributed by atoms with Gasteiger partial charge in [0.1, 0.15) is 18.0 Å². The number of aromatic amines is 1. The molecular weight excluding hydrogens is 271 g/mol. The summed E-state index contributed by atoms with van der Waals surface area (Å²) in [5, 5.41) is 0. The van der Waals surface area contributed by atoms with Gasteiger partial charge in [-0.2, -0.15) is 0 Å². The number of nitrogens with zero attached hydrogens (tertiary/aromatic N) is 2. The van der Waals surface area contributed by atoms with Gasteiger partial charge in [0, 0.05) is 12.5 Å². The van der Waals surface area contributed by atoms with Gasteiger partial charge in [-0.1, -0.05) is 6.07 Å². The number of para-hydroxylation sites is 1. The zero-order chi connectivity index (χ0) is 14.8. The largest absolute Gasteiger partial charge is 0.366 e. The summed E-state index contributed by atoms with van der Waals surface area (Å²) < 4.78 is 12.4. The smallest absolute Gasteiger partial charge is 0.250 e. The quantitative estimate of drug-likeness (QED) is 0.901. The van der Waals surface area contributed by atoms with Crippen molar-refractivity contribution in [1.82, 2.24) is 14.9 Å². The van der Waals surface area contributed by atoms with Crippen LogP contribution in [0.25, 0.3) is 11.0 Å². The summed E-state index contributed by atoms with van der Waals surface area (Å²) in [6.07, 6.45) is 1.90. The molecule has 0 atom stereocenters. The van der Waals surface area contributed by atoms with Crippen molar-refractivity contribution in [2.24, 2.45) is 5.73 Å². The summed E-state index contributed by atoms with van der Waals surface area (Å²) in [7, 11) is 0. The molecule has 1 aliphatic heterocycles. The van der Waals surface area contributed by atoms with Crippen molar-refractivity contribution < 1.29 is 9.18 Å². The fraction of sp³-hybridized carbons (Fsp3) is 0.467. The number of hydrogen-bond acceptors (Lipinski definition) is 3. The van der Waals surface area contributed by atoms with Crippen LogP contribution in [-0.2, 0) is 0 Å². The molecule has 21 heavy (non-hydrogen) atoms. The number of benzene rings is 1. The Balaban J connectivity index is 1.82. The van der Waals surface area contributed by atoms with Crippen molar-refractivity contribution in [1.29, 1.82) is 0 Å². The Kier molecular flexibility index (Phi) is 3.88. The molecule has 1 aromatic carbocycles. The Hall–Kier alpha value is -1.95. The predicted molar refractivity (Wildman–Crippen MR) is 79.0 cm³/mol. The SMILES string of the molecule is NC(=O)c1cccc2[nH]c(C3CCN(CCF)CC3)nc12. The first-order valence-electron chi connectivity index (χ1n) is 7.26. The number of aromatic nitrogens is 2. The van der Waals surface area contributed by atoms with Crippen LogP contribution in [-0.4, -0.2) is 47.1 Å². The fourth-order valence-electron chi connectivity index (χ4n) is 2.99. The van der Waals surface area contributed by atoms with Gasteiger partial charge >= 0.3 is 0 Å². The number of nitrogens with two attached hydrogens (primary N) is 1. The van der Waals surface area contributed by atoms with E-state index in [-0.39, 0.29) is 6.67 Å². The Bertz CT molecular complexity index is 646. The lowest BCUT2D eigenvalue weighted by molar-refractivity contribution is 0.100. The third-order valence-corrected chi connectivity index (χ3v) is 4.17. The number of imidazole rings is 1. The molecule has 3 rings (SSSR count). The fourth-order valence-corrected chi connectivity index (χ4v) is 2.99. The van der Waals surface area contributed by atoms with Crippen LogP contribution in [0.4, 0.5) is 4.39 Å². The molecule has 0 spiro atoms. The summed E-state index contributed by atoms with van der Waals surface area (Å²) in [5.74, 6) is 0.768. The van der Waals surface area contributed by atoms with Crippen molar-refractivity contribution in [2.45, 2.75) is 18.8 Å². The number of fused-ring (bicyclic) bond motifs is 1. The molecule has 0 unspecified atom stereocenters. The van der Waals surface area contributed by atoms with Crippen LogP contribution >= 0.6 is 0 Å². The second-order valence-corrected chi connectivity index (χ2v) is 5.49. The normalized spacial score (nSPS) is 17.4. The average Bonchev–Trinajstić information content (AvgIpc) is 2.92.